The molecule has 0 aromatic heterocycles. The molecular weight excluding hydrogens is 286 g/mol. The predicted molar refractivity (Wildman–Crippen MR) is 93.9 cm³/mol. The lowest BCUT2D eigenvalue weighted by Crippen LogP contribution is -2.28. The average molecular weight is 311 g/mol. The second kappa shape index (κ2) is 7.32. The summed E-state index contributed by atoms with van der Waals surface area (Å²) in [6.45, 7) is 8.33. The summed E-state index contributed by atoms with van der Waals surface area (Å²) in [7, 11) is 1.63. The fraction of sp³-hybridized carbons (Fsp3) is 0.350. The van der Waals surface area contributed by atoms with Crippen molar-refractivity contribution in [3.63, 3.8) is 0 Å². The molecule has 2 aromatic rings. The van der Waals surface area contributed by atoms with E-state index in [0.717, 1.165) is 11.3 Å². The van der Waals surface area contributed by atoms with E-state index in [-0.39, 0.29) is 11.9 Å². The quantitative estimate of drug-likeness (QED) is 0.905. The minimum atomic E-state index is 0.0000448. The highest BCUT2D eigenvalue weighted by atomic mass is 16.5. The lowest BCUT2D eigenvalue weighted by atomic mass is 9.96. The summed E-state index contributed by atoms with van der Waals surface area (Å²) in [5, 5.41) is 3.09. The number of hydrogen-bond acceptors (Lipinski definition) is 2. The molecule has 0 unspecified atom stereocenters. The molecule has 3 heteroatoms. The third kappa shape index (κ3) is 4.35. The Kier molecular flexibility index (Phi) is 5.43. The van der Waals surface area contributed by atoms with Crippen LogP contribution >= 0.6 is 0 Å². The highest BCUT2D eigenvalue weighted by Gasteiger charge is 2.13. The van der Waals surface area contributed by atoms with E-state index in [1.807, 2.05) is 31.2 Å². The first-order chi connectivity index (χ1) is 10.9. The second-order valence-corrected chi connectivity index (χ2v) is 6.11. The molecule has 0 heterocycles. The number of aryl methyl sites for hydroxylation is 3. The Bertz CT molecular complexity index is 690. The van der Waals surface area contributed by atoms with Crippen LogP contribution in [0.15, 0.2) is 36.4 Å². The third-order valence-corrected chi connectivity index (χ3v) is 4.25. The van der Waals surface area contributed by atoms with Gasteiger partial charge in [0.25, 0.3) is 0 Å². The van der Waals surface area contributed by atoms with Gasteiger partial charge in [0.1, 0.15) is 5.75 Å². The third-order valence-electron chi connectivity index (χ3n) is 4.25. The average Bonchev–Trinajstić information content (AvgIpc) is 2.51. The summed E-state index contributed by atoms with van der Waals surface area (Å²) in [6, 6.07) is 11.9. The molecule has 1 amide bonds. The van der Waals surface area contributed by atoms with Crippen molar-refractivity contribution >= 4 is 5.91 Å². The van der Waals surface area contributed by atoms with Gasteiger partial charge < -0.3 is 10.1 Å². The van der Waals surface area contributed by atoms with Crippen molar-refractivity contribution in [1.82, 2.24) is 5.32 Å². The van der Waals surface area contributed by atoms with Crippen LogP contribution in [-0.4, -0.2) is 13.0 Å². The number of nitrogens with one attached hydrogen (secondary N) is 1. The van der Waals surface area contributed by atoms with Crippen molar-refractivity contribution in [1.29, 1.82) is 0 Å². The smallest absolute Gasteiger partial charge is 0.224 e. The normalized spacial score (nSPS) is 11.9. The van der Waals surface area contributed by atoms with E-state index in [0.29, 0.717) is 6.42 Å². The Hall–Kier alpha value is -2.29. The standard InChI is InChI=1S/C20H25NO2/c1-13-10-15(3)19(11-14(13)2)16(4)21-20(22)12-17-6-8-18(23-5)9-7-17/h6-11,16H,12H2,1-5H3,(H,21,22)/t16-/m0/s1. The minimum absolute atomic E-state index is 0.0000448. The Morgan fingerprint density at radius 3 is 2.26 bits per heavy atom. The zero-order valence-corrected chi connectivity index (χ0v) is 14.6. The van der Waals surface area contributed by atoms with Crippen LogP contribution in [0.4, 0.5) is 0 Å². The maximum Gasteiger partial charge on any atom is 0.224 e. The van der Waals surface area contributed by atoms with Gasteiger partial charge in [0.05, 0.1) is 19.6 Å². The van der Waals surface area contributed by atoms with Crippen LogP contribution in [0.1, 0.15) is 40.8 Å². The van der Waals surface area contributed by atoms with E-state index in [1.165, 1.54) is 22.3 Å². The number of amides is 1. The molecule has 0 radical (unpaired) electrons. The largest absolute Gasteiger partial charge is 0.497 e. The zero-order valence-electron chi connectivity index (χ0n) is 14.6. The fourth-order valence-electron chi connectivity index (χ4n) is 2.75. The van der Waals surface area contributed by atoms with Gasteiger partial charge in [0, 0.05) is 0 Å². The number of hydrogen-bond donors (Lipinski definition) is 1. The van der Waals surface area contributed by atoms with Crippen LogP contribution in [0.3, 0.4) is 0 Å². The lowest BCUT2D eigenvalue weighted by molar-refractivity contribution is -0.121. The predicted octanol–water partition coefficient (Wildman–Crippen LogP) is 4.04. The molecule has 3 nitrogen and oxygen atoms in total. The molecule has 2 aromatic carbocycles. The van der Waals surface area contributed by atoms with Crippen LogP contribution in [0.25, 0.3) is 0 Å². The summed E-state index contributed by atoms with van der Waals surface area (Å²) in [5.41, 5.74) is 5.90. The molecule has 23 heavy (non-hydrogen) atoms. The topological polar surface area (TPSA) is 38.3 Å². The zero-order chi connectivity index (χ0) is 17.0. The van der Waals surface area contributed by atoms with Crippen molar-refractivity contribution < 1.29 is 9.53 Å². The summed E-state index contributed by atoms with van der Waals surface area (Å²) < 4.78 is 5.13. The van der Waals surface area contributed by atoms with E-state index in [2.05, 4.69) is 38.2 Å². The number of carbonyl (C=O) groups is 1. The van der Waals surface area contributed by atoms with E-state index in [1.54, 1.807) is 7.11 Å². The van der Waals surface area contributed by atoms with Crippen LogP contribution in [0.5, 0.6) is 5.75 Å². The molecule has 0 saturated heterocycles. The molecule has 0 bridgehead atoms. The Balaban J connectivity index is 2.03. The Morgan fingerprint density at radius 1 is 1.04 bits per heavy atom. The molecule has 0 aliphatic rings. The molecule has 0 spiro atoms. The first-order valence-corrected chi connectivity index (χ1v) is 7.90. The van der Waals surface area contributed by atoms with Gasteiger partial charge in [-0.05, 0) is 67.6 Å². The first kappa shape index (κ1) is 17.1. The number of carbonyl (C=O) groups excluding carboxylic acids is 1. The van der Waals surface area contributed by atoms with Gasteiger partial charge in [0.15, 0.2) is 0 Å². The monoisotopic (exact) mass is 311 g/mol. The summed E-state index contributed by atoms with van der Waals surface area (Å²) in [6.07, 6.45) is 0.373. The maximum absolute atomic E-state index is 12.3. The Labute approximate surface area is 138 Å². The van der Waals surface area contributed by atoms with Gasteiger partial charge in [-0.2, -0.15) is 0 Å². The van der Waals surface area contributed by atoms with Crippen molar-refractivity contribution in [2.24, 2.45) is 0 Å². The van der Waals surface area contributed by atoms with E-state index in [9.17, 15) is 4.79 Å². The Morgan fingerprint density at radius 2 is 1.65 bits per heavy atom. The highest BCUT2D eigenvalue weighted by molar-refractivity contribution is 5.79. The van der Waals surface area contributed by atoms with Gasteiger partial charge in [-0.1, -0.05) is 24.3 Å². The van der Waals surface area contributed by atoms with Gasteiger partial charge in [-0.25, -0.2) is 0 Å². The van der Waals surface area contributed by atoms with Gasteiger partial charge in [-0.15, -0.1) is 0 Å². The van der Waals surface area contributed by atoms with E-state index >= 15 is 0 Å². The van der Waals surface area contributed by atoms with Crippen LogP contribution in [-0.2, 0) is 11.2 Å². The molecule has 122 valence electrons. The number of benzene rings is 2. The molecule has 0 aliphatic heterocycles. The molecule has 2 rings (SSSR count). The first-order valence-electron chi connectivity index (χ1n) is 7.90. The number of rotatable bonds is 5. The molecule has 0 saturated carbocycles. The molecule has 0 aliphatic carbocycles. The molecule has 1 N–H and O–H groups in total. The van der Waals surface area contributed by atoms with Crippen molar-refractivity contribution in [2.45, 2.75) is 40.2 Å². The second-order valence-electron chi connectivity index (χ2n) is 6.11. The minimum Gasteiger partial charge on any atom is -0.497 e. The summed E-state index contributed by atoms with van der Waals surface area (Å²) in [5.74, 6) is 0.827. The number of methoxy groups -OCH3 is 1. The summed E-state index contributed by atoms with van der Waals surface area (Å²) >= 11 is 0. The van der Waals surface area contributed by atoms with Crippen LogP contribution < -0.4 is 10.1 Å². The summed E-state index contributed by atoms with van der Waals surface area (Å²) in [4.78, 5) is 12.3. The highest BCUT2D eigenvalue weighted by Crippen LogP contribution is 2.21. The van der Waals surface area contributed by atoms with E-state index in [4.69, 9.17) is 4.74 Å². The van der Waals surface area contributed by atoms with Crippen molar-refractivity contribution in [3.05, 3.63) is 64.2 Å². The van der Waals surface area contributed by atoms with Gasteiger partial charge in [0.2, 0.25) is 5.91 Å². The maximum atomic E-state index is 12.3. The lowest BCUT2D eigenvalue weighted by Gasteiger charge is -2.18. The van der Waals surface area contributed by atoms with Gasteiger partial charge >= 0.3 is 0 Å². The van der Waals surface area contributed by atoms with Crippen LogP contribution in [0.2, 0.25) is 0 Å². The van der Waals surface area contributed by atoms with Crippen LogP contribution in [0, 0.1) is 20.8 Å². The SMILES string of the molecule is COc1ccc(CC(=O)N[C@@H](C)c2cc(C)c(C)cc2C)cc1. The molecule has 1 atom stereocenters. The van der Waals surface area contributed by atoms with Gasteiger partial charge in [-0.3, -0.25) is 4.79 Å². The molecular formula is C20H25NO2. The van der Waals surface area contributed by atoms with E-state index < -0.39 is 0 Å². The van der Waals surface area contributed by atoms with Crippen molar-refractivity contribution in [2.75, 3.05) is 7.11 Å². The fourth-order valence-corrected chi connectivity index (χ4v) is 2.75. The number of ether oxygens (including phenoxy) is 1. The van der Waals surface area contributed by atoms with Crippen molar-refractivity contribution in [3.8, 4) is 5.75 Å². The molecule has 0 fully saturated rings.